The highest BCUT2D eigenvalue weighted by Gasteiger charge is 2.17. The molecule has 0 spiro atoms. The van der Waals surface area contributed by atoms with Crippen LogP contribution < -0.4 is 5.32 Å². The van der Waals surface area contributed by atoms with Crippen LogP contribution in [0.2, 0.25) is 10.0 Å². The van der Waals surface area contributed by atoms with Crippen molar-refractivity contribution >= 4 is 34.5 Å². The number of hydrogen-bond donors (Lipinski definition) is 1. The summed E-state index contributed by atoms with van der Waals surface area (Å²) in [5.41, 5.74) is 0.966. The summed E-state index contributed by atoms with van der Waals surface area (Å²) >= 11 is 14.2. The predicted molar refractivity (Wildman–Crippen MR) is 85.2 cm³/mol. The summed E-state index contributed by atoms with van der Waals surface area (Å²) < 4.78 is 0. The van der Waals surface area contributed by atoms with Crippen molar-refractivity contribution in [2.45, 2.75) is 26.4 Å². The normalized spacial score (nSPS) is 12.9. The maximum Gasteiger partial charge on any atom is 0.0465 e. The number of rotatable bonds is 5. The number of hydrogen-bond acceptors (Lipinski definition) is 2. The molecule has 1 aromatic heterocycles. The van der Waals surface area contributed by atoms with E-state index in [1.54, 1.807) is 11.3 Å². The molecule has 0 amide bonds. The first-order valence-corrected chi connectivity index (χ1v) is 7.93. The first-order chi connectivity index (χ1) is 9.09. The lowest BCUT2D eigenvalue weighted by molar-refractivity contribution is 0.416. The van der Waals surface area contributed by atoms with Crippen molar-refractivity contribution in [3.05, 3.63) is 56.2 Å². The second kappa shape index (κ2) is 6.76. The Kier molecular flexibility index (Phi) is 5.28. The Balaban J connectivity index is 2.12. The van der Waals surface area contributed by atoms with Gasteiger partial charge >= 0.3 is 0 Å². The Morgan fingerprint density at radius 1 is 1.11 bits per heavy atom. The number of halogens is 2. The van der Waals surface area contributed by atoms with E-state index >= 15 is 0 Å². The highest BCUT2D eigenvalue weighted by molar-refractivity contribution is 7.10. The van der Waals surface area contributed by atoms with Gasteiger partial charge in [-0.1, -0.05) is 49.2 Å². The van der Waals surface area contributed by atoms with E-state index in [-0.39, 0.29) is 0 Å². The van der Waals surface area contributed by atoms with Gasteiger partial charge in [0.05, 0.1) is 0 Å². The lowest BCUT2D eigenvalue weighted by Gasteiger charge is -2.22. The molecule has 0 bridgehead atoms. The zero-order valence-corrected chi connectivity index (χ0v) is 13.3. The zero-order valence-electron chi connectivity index (χ0n) is 11.0. The van der Waals surface area contributed by atoms with Crippen molar-refractivity contribution in [2.75, 3.05) is 0 Å². The van der Waals surface area contributed by atoms with Gasteiger partial charge in [0.25, 0.3) is 0 Å². The molecule has 0 aliphatic rings. The maximum absolute atomic E-state index is 6.20. The van der Waals surface area contributed by atoms with Crippen LogP contribution in [-0.2, 0) is 6.54 Å². The van der Waals surface area contributed by atoms with Crippen molar-refractivity contribution in [2.24, 2.45) is 5.92 Å². The van der Waals surface area contributed by atoms with Gasteiger partial charge in [-0.05, 0) is 29.5 Å². The molecule has 1 nitrogen and oxygen atoms in total. The van der Waals surface area contributed by atoms with Crippen molar-refractivity contribution in [3.63, 3.8) is 0 Å². The molecule has 1 heterocycles. The molecule has 102 valence electrons. The summed E-state index contributed by atoms with van der Waals surface area (Å²) in [6, 6.07) is 10.2. The Labute approximate surface area is 128 Å². The summed E-state index contributed by atoms with van der Waals surface area (Å²) in [5.74, 6) is 0.514. The van der Waals surface area contributed by atoms with Crippen LogP contribution in [0, 0.1) is 5.92 Å². The Morgan fingerprint density at radius 3 is 2.32 bits per heavy atom. The topological polar surface area (TPSA) is 12.0 Å². The van der Waals surface area contributed by atoms with Crippen molar-refractivity contribution in [1.82, 2.24) is 5.32 Å². The minimum absolute atomic E-state index is 0.326. The molecule has 2 aromatic rings. The molecule has 1 aromatic carbocycles. The molecular formula is C15H17Cl2NS. The fourth-order valence-electron chi connectivity index (χ4n) is 2.05. The Hall–Kier alpha value is -0.540. The highest BCUT2D eigenvalue weighted by Crippen LogP contribution is 2.28. The van der Waals surface area contributed by atoms with E-state index in [9.17, 15) is 0 Å². The van der Waals surface area contributed by atoms with E-state index < -0.39 is 0 Å². The number of thiophene rings is 1. The average Bonchev–Trinajstić information content (AvgIpc) is 2.86. The quantitative estimate of drug-likeness (QED) is 0.764. The van der Waals surface area contributed by atoms with Gasteiger partial charge in [0.15, 0.2) is 0 Å². The molecular weight excluding hydrogens is 297 g/mol. The van der Waals surface area contributed by atoms with E-state index in [4.69, 9.17) is 23.2 Å². The van der Waals surface area contributed by atoms with Crippen LogP contribution in [0.15, 0.2) is 35.7 Å². The molecule has 2 rings (SSSR count). The number of benzene rings is 1. The fourth-order valence-corrected chi connectivity index (χ4v) is 3.55. The molecule has 0 aliphatic carbocycles. The molecule has 0 saturated carbocycles. The van der Waals surface area contributed by atoms with Gasteiger partial charge in [-0.15, -0.1) is 11.3 Å². The SMILES string of the molecule is CC(C)C(NCc1c(Cl)cccc1Cl)c1cccs1. The third kappa shape index (κ3) is 3.73. The summed E-state index contributed by atoms with van der Waals surface area (Å²) in [5, 5.41) is 7.10. The minimum Gasteiger partial charge on any atom is -0.305 e. The predicted octanol–water partition coefficient (Wildman–Crippen LogP) is 5.54. The second-order valence-electron chi connectivity index (χ2n) is 4.82. The molecule has 0 aliphatic heterocycles. The smallest absolute Gasteiger partial charge is 0.0465 e. The number of nitrogens with one attached hydrogen (secondary N) is 1. The molecule has 1 unspecified atom stereocenters. The standard InChI is InChI=1S/C15H17Cl2NS/c1-10(2)15(14-7-4-8-19-14)18-9-11-12(16)5-3-6-13(11)17/h3-8,10,15,18H,9H2,1-2H3. The van der Waals surface area contributed by atoms with E-state index in [1.807, 2.05) is 18.2 Å². The van der Waals surface area contributed by atoms with Crippen LogP contribution >= 0.6 is 34.5 Å². The first-order valence-electron chi connectivity index (χ1n) is 6.29. The van der Waals surface area contributed by atoms with Gasteiger partial charge in [0.1, 0.15) is 0 Å². The lowest BCUT2D eigenvalue weighted by Crippen LogP contribution is -2.24. The van der Waals surface area contributed by atoms with Gasteiger partial charge in [0.2, 0.25) is 0 Å². The van der Waals surface area contributed by atoms with Crippen LogP contribution in [0.4, 0.5) is 0 Å². The van der Waals surface area contributed by atoms with Gasteiger partial charge < -0.3 is 5.32 Å². The molecule has 1 N–H and O–H groups in total. The monoisotopic (exact) mass is 313 g/mol. The van der Waals surface area contributed by atoms with Gasteiger partial charge in [0, 0.05) is 33.1 Å². The van der Waals surface area contributed by atoms with E-state index in [1.165, 1.54) is 4.88 Å². The van der Waals surface area contributed by atoms with E-state index in [0.29, 0.717) is 28.5 Å². The van der Waals surface area contributed by atoms with Crippen LogP contribution in [0.5, 0.6) is 0 Å². The van der Waals surface area contributed by atoms with E-state index in [2.05, 4.69) is 36.7 Å². The van der Waals surface area contributed by atoms with Crippen LogP contribution in [0.25, 0.3) is 0 Å². The summed E-state index contributed by atoms with van der Waals surface area (Å²) in [7, 11) is 0. The molecule has 1 atom stereocenters. The average molecular weight is 314 g/mol. The minimum atomic E-state index is 0.326. The van der Waals surface area contributed by atoms with Crippen molar-refractivity contribution < 1.29 is 0 Å². The summed E-state index contributed by atoms with van der Waals surface area (Å²) in [6.45, 7) is 5.11. The van der Waals surface area contributed by atoms with Crippen molar-refractivity contribution in [1.29, 1.82) is 0 Å². The molecule has 19 heavy (non-hydrogen) atoms. The fraction of sp³-hybridized carbons (Fsp3) is 0.333. The van der Waals surface area contributed by atoms with Crippen LogP contribution in [0.1, 0.15) is 30.3 Å². The highest BCUT2D eigenvalue weighted by atomic mass is 35.5. The molecule has 4 heteroatoms. The van der Waals surface area contributed by atoms with Gasteiger partial charge in [-0.3, -0.25) is 0 Å². The van der Waals surface area contributed by atoms with Gasteiger partial charge in [-0.25, -0.2) is 0 Å². The Bertz CT molecular complexity index is 503. The molecule has 0 radical (unpaired) electrons. The van der Waals surface area contributed by atoms with Gasteiger partial charge in [-0.2, -0.15) is 0 Å². The van der Waals surface area contributed by atoms with Crippen LogP contribution in [-0.4, -0.2) is 0 Å². The molecule has 0 saturated heterocycles. The van der Waals surface area contributed by atoms with E-state index in [0.717, 1.165) is 5.56 Å². The zero-order chi connectivity index (χ0) is 13.8. The van der Waals surface area contributed by atoms with Crippen LogP contribution in [0.3, 0.4) is 0 Å². The molecule has 0 fully saturated rings. The summed E-state index contributed by atoms with van der Waals surface area (Å²) in [6.07, 6.45) is 0. The lowest BCUT2D eigenvalue weighted by atomic mass is 10.0. The largest absolute Gasteiger partial charge is 0.305 e. The second-order valence-corrected chi connectivity index (χ2v) is 6.61. The third-order valence-corrected chi connectivity index (χ3v) is 4.74. The maximum atomic E-state index is 6.20. The first kappa shape index (κ1) is 14.9. The Morgan fingerprint density at radius 2 is 1.79 bits per heavy atom. The summed E-state index contributed by atoms with van der Waals surface area (Å²) in [4.78, 5) is 1.35. The third-order valence-electron chi connectivity index (χ3n) is 3.08. The van der Waals surface area contributed by atoms with Crippen molar-refractivity contribution in [3.8, 4) is 0 Å².